The largest absolute Gasteiger partial charge is 0.240 e. The first-order valence-corrected chi connectivity index (χ1v) is 6.58. The zero-order valence-corrected chi connectivity index (χ0v) is 10.6. The molecule has 4 heteroatoms. The molecule has 1 fully saturated rings. The quantitative estimate of drug-likeness (QED) is 0.774. The van der Waals surface area contributed by atoms with E-state index in [0.29, 0.717) is 0 Å². The van der Waals surface area contributed by atoms with Crippen LogP contribution in [0.25, 0.3) is 10.2 Å². The summed E-state index contributed by atoms with van der Waals surface area (Å²) >= 11 is 9.72. The van der Waals surface area contributed by atoms with Crippen LogP contribution in [0.15, 0.2) is 21.5 Å². The maximum atomic E-state index is 4.64. The fourth-order valence-electron chi connectivity index (χ4n) is 1.50. The van der Waals surface area contributed by atoms with E-state index in [1.165, 1.54) is 22.5 Å². The second-order valence-electron chi connectivity index (χ2n) is 3.60. The van der Waals surface area contributed by atoms with E-state index in [1.807, 2.05) is 6.07 Å². The van der Waals surface area contributed by atoms with Crippen molar-refractivity contribution in [2.75, 3.05) is 0 Å². The minimum absolute atomic E-state index is 0.735. The van der Waals surface area contributed by atoms with Crippen LogP contribution in [0.2, 0.25) is 0 Å². The monoisotopic (exact) mass is 285 g/mol. The molecule has 1 aliphatic carbocycles. The van der Waals surface area contributed by atoms with Gasteiger partial charge in [-0.15, -0.1) is 24.0 Å². The molecule has 0 N–H and O–H groups in total. The van der Waals surface area contributed by atoms with Crippen molar-refractivity contribution in [3.8, 4) is 0 Å². The van der Waals surface area contributed by atoms with Gasteiger partial charge in [0.1, 0.15) is 0 Å². The van der Waals surface area contributed by atoms with Gasteiger partial charge in [0.15, 0.2) is 0 Å². The molecule has 0 amide bonds. The van der Waals surface area contributed by atoms with Crippen LogP contribution in [0.1, 0.15) is 23.8 Å². The predicted molar refractivity (Wildman–Crippen MR) is 66.5 cm³/mol. The zero-order chi connectivity index (χ0) is 9.71. The highest BCUT2D eigenvalue weighted by Gasteiger charge is 2.27. The van der Waals surface area contributed by atoms with Gasteiger partial charge in [-0.3, -0.25) is 0 Å². The molecule has 0 saturated heterocycles. The van der Waals surface area contributed by atoms with E-state index in [2.05, 4.69) is 39.6 Å². The van der Waals surface area contributed by atoms with E-state index < -0.39 is 0 Å². The molecule has 0 spiro atoms. The number of halogens is 1. The molecular weight excluding hydrogens is 278 g/mol. The van der Waals surface area contributed by atoms with E-state index in [-0.39, 0.29) is 0 Å². The SMILES string of the molecule is Sc1cc(Br)cc2sc(C3CC3)nc12. The Labute approximate surface area is 100 Å². The van der Waals surface area contributed by atoms with Crippen molar-refractivity contribution in [2.24, 2.45) is 0 Å². The maximum Gasteiger partial charge on any atom is 0.0970 e. The van der Waals surface area contributed by atoms with Crippen LogP contribution in [-0.4, -0.2) is 4.98 Å². The van der Waals surface area contributed by atoms with E-state index >= 15 is 0 Å². The first-order valence-electron chi connectivity index (χ1n) is 4.53. The van der Waals surface area contributed by atoms with Crippen molar-refractivity contribution in [1.29, 1.82) is 0 Å². The molecule has 1 aromatic heterocycles. The fourth-order valence-corrected chi connectivity index (χ4v) is 3.88. The maximum absolute atomic E-state index is 4.64. The lowest BCUT2D eigenvalue weighted by Crippen LogP contribution is -1.76. The number of hydrogen-bond acceptors (Lipinski definition) is 3. The predicted octanol–water partition coefficient (Wildman–Crippen LogP) is 4.22. The summed E-state index contributed by atoms with van der Waals surface area (Å²) in [4.78, 5) is 5.61. The van der Waals surface area contributed by atoms with Gasteiger partial charge in [0.25, 0.3) is 0 Å². The lowest BCUT2D eigenvalue weighted by Gasteiger charge is -1.93. The van der Waals surface area contributed by atoms with Gasteiger partial charge in [-0.25, -0.2) is 4.98 Å². The highest BCUT2D eigenvalue weighted by atomic mass is 79.9. The second-order valence-corrected chi connectivity index (χ2v) is 6.06. The van der Waals surface area contributed by atoms with Crippen LogP contribution in [0, 0.1) is 0 Å². The summed E-state index contributed by atoms with van der Waals surface area (Å²) in [6.45, 7) is 0. The third-order valence-corrected chi connectivity index (χ3v) is 4.35. The minimum Gasteiger partial charge on any atom is -0.240 e. The Morgan fingerprint density at radius 1 is 1.43 bits per heavy atom. The Balaban J connectivity index is 2.26. The van der Waals surface area contributed by atoms with Crippen LogP contribution >= 0.6 is 39.9 Å². The van der Waals surface area contributed by atoms with Crippen LogP contribution < -0.4 is 0 Å². The second kappa shape index (κ2) is 3.22. The Bertz CT molecular complexity index is 502. The summed E-state index contributed by atoms with van der Waals surface area (Å²) < 4.78 is 2.33. The molecule has 3 rings (SSSR count). The number of benzene rings is 1. The lowest BCUT2D eigenvalue weighted by atomic mass is 10.3. The van der Waals surface area contributed by atoms with Crippen molar-refractivity contribution in [2.45, 2.75) is 23.7 Å². The van der Waals surface area contributed by atoms with Crippen molar-refractivity contribution in [3.63, 3.8) is 0 Å². The Hall–Kier alpha value is -0.0600. The van der Waals surface area contributed by atoms with Crippen LogP contribution in [0.5, 0.6) is 0 Å². The van der Waals surface area contributed by atoms with Gasteiger partial charge >= 0.3 is 0 Å². The summed E-state index contributed by atoms with van der Waals surface area (Å²) in [6, 6.07) is 4.13. The normalized spacial score (nSPS) is 16.4. The molecule has 1 nitrogen and oxygen atoms in total. The van der Waals surface area contributed by atoms with Gasteiger partial charge in [-0.05, 0) is 25.0 Å². The van der Waals surface area contributed by atoms with Gasteiger partial charge in [-0.1, -0.05) is 15.9 Å². The van der Waals surface area contributed by atoms with Crippen molar-refractivity contribution < 1.29 is 0 Å². The highest BCUT2D eigenvalue weighted by Crippen LogP contribution is 2.44. The summed E-state index contributed by atoms with van der Waals surface area (Å²) in [6.07, 6.45) is 2.62. The minimum atomic E-state index is 0.735. The van der Waals surface area contributed by atoms with Crippen LogP contribution in [0.3, 0.4) is 0 Å². The number of thiazole rings is 1. The third kappa shape index (κ3) is 1.49. The first-order chi connectivity index (χ1) is 6.74. The van der Waals surface area contributed by atoms with Crippen molar-refractivity contribution >= 4 is 50.1 Å². The van der Waals surface area contributed by atoms with Crippen LogP contribution in [0.4, 0.5) is 0 Å². The van der Waals surface area contributed by atoms with Crippen molar-refractivity contribution in [1.82, 2.24) is 4.98 Å². The molecule has 0 aliphatic heterocycles. The molecule has 0 bridgehead atoms. The summed E-state index contributed by atoms with van der Waals surface area (Å²) in [5, 5.41) is 1.29. The number of nitrogens with zero attached hydrogens (tertiary/aromatic N) is 1. The number of aromatic nitrogens is 1. The molecule has 0 radical (unpaired) electrons. The Morgan fingerprint density at radius 3 is 2.93 bits per heavy atom. The smallest absolute Gasteiger partial charge is 0.0970 e. The molecule has 1 heterocycles. The van der Waals surface area contributed by atoms with Gasteiger partial charge in [0.05, 0.1) is 15.2 Å². The van der Waals surface area contributed by atoms with Gasteiger partial charge < -0.3 is 0 Å². The van der Waals surface area contributed by atoms with Gasteiger partial charge in [0, 0.05) is 15.3 Å². The molecule has 72 valence electrons. The van der Waals surface area contributed by atoms with E-state index in [4.69, 9.17) is 0 Å². The average Bonchev–Trinajstić information content (AvgIpc) is 2.87. The molecule has 1 saturated carbocycles. The summed E-state index contributed by atoms with van der Waals surface area (Å²) in [7, 11) is 0. The number of hydrogen-bond donors (Lipinski definition) is 1. The number of fused-ring (bicyclic) bond motifs is 1. The fraction of sp³-hybridized carbons (Fsp3) is 0.300. The van der Waals surface area contributed by atoms with E-state index in [1.54, 1.807) is 11.3 Å². The standard InChI is InChI=1S/C10H8BrNS2/c11-6-3-7(13)9-8(4-6)14-10(12-9)5-1-2-5/h3-5,13H,1-2H2. The number of thiol groups is 1. The van der Waals surface area contributed by atoms with Crippen LogP contribution in [-0.2, 0) is 0 Å². The zero-order valence-electron chi connectivity index (χ0n) is 7.33. The lowest BCUT2D eigenvalue weighted by molar-refractivity contribution is 1.09. The number of rotatable bonds is 1. The third-order valence-electron chi connectivity index (χ3n) is 2.38. The first kappa shape index (κ1) is 9.19. The van der Waals surface area contributed by atoms with Gasteiger partial charge in [-0.2, -0.15) is 0 Å². The Morgan fingerprint density at radius 2 is 2.21 bits per heavy atom. The Kier molecular flexibility index (Phi) is 2.11. The molecule has 1 aromatic carbocycles. The highest BCUT2D eigenvalue weighted by molar-refractivity contribution is 9.10. The molecule has 2 aromatic rings. The summed E-state index contributed by atoms with van der Waals surface area (Å²) in [5.41, 5.74) is 1.06. The molecule has 14 heavy (non-hydrogen) atoms. The summed E-state index contributed by atoms with van der Waals surface area (Å²) in [5.74, 6) is 0.735. The molecule has 0 unspecified atom stereocenters. The van der Waals surface area contributed by atoms with E-state index in [0.717, 1.165) is 20.8 Å². The van der Waals surface area contributed by atoms with E-state index in [9.17, 15) is 0 Å². The average molecular weight is 286 g/mol. The molecule has 0 atom stereocenters. The molecular formula is C10H8BrNS2. The van der Waals surface area contributed by atoms with Crippen molar-refractivity contribution in [3.05, 3.63) is 21.6 Å². The molecule has 1 aliphatic rings. The topological polar surface area (TPSA) is 12.9 Å². The van der Waals surface area contributed by atoms with Gasteiger partial charge in [0.2, 0.25) is 0 Å².